The highest BCUT2D eigenvalue weighted by molar-refractivity contribution is 7.89. The van der Waals surface area contributed by atoms with Crippen molar-refractivity contribution < 1.29 is 22.3 Å². The number of rotatable bonds is 9. The van der Waals surface area contributed by atoms with Crippen LogP contribution in [0.2, 0.25) is 0 Å². The molecule has 3 aliphatic rings. The summed E-state index contributed by atoms with van der Waals surface area (Å²) in [5.41, 5.74) is 2.24. The zero-order valence-electron chi connectivity index (χ0n) is 20.8. The van der Waals surface area contributed by atoms with E-state index in [1.807, 2.05) is 18.9 Å². The van der Waals surface area contributed by atoms with E-state index in [4.69, 9.17) is 4.74 Å². The number of likely N-dealkylation sites (N-methyl/N-ethyl adjacent to an activating group) is 2. The predicted molar refractivity (Wildman–Crippen MR) is 131 cm³/mol. The van der Waals surface area contributed by atoms with Crippen LogP contribution in [0.25, 0.3) is 0 Å². The predicted octanol–water partition coefficient (Wildman–Crippen LogP) is 1.40. The van der Waals surface area contributed by atoms with Crippen molar-refractivity contribution in [3.8, 4) is 5.75 Å². The van der Waals surface area contributed by atoms with E-state index in [2.05, 4.69) is 22.0 Å². The average Bonchev–Trinajstić information content (AvgIpc) is 3.19. The molecule has 4 rings (SSSR count). The molecule has 1 aromatic rings. The van der Waals surface area contributed by atoms with E-state index in [1.54, 1.807) is 18.2 Å². The van der Waals surface area contributed by atoms with Crippen LogP contribution < -0.4 is 10.1 Å². The number of amides is 1. The average molecular weight is 510 g/mol. The molecule has 3 aliphatic heterocycles. The number of sulfonamides is 1. The third-order valence-electron chi connectivity index (χ3n) is 6.95. The summed E-state index contributed by atoms with van der Waals surface area (Å²) < 4.78 is 46.9. The summed E-state index contributed by atoms with van der Waals surface area (Å²) in [7, 11) is -1.83. The first-order chi connectivity index (χ1) is 16.8. The molecule has 0 radical (unpaired) electrons. The number of halogens is 1. The maximum atomic E-state index is 13.5. The van der Waals surface area contributed by atoms with E-state index >= 15 is 0 Å². The van der Waals surface area contributed by atoms with E-state index < -0.39 is 16.1 Å². The molecule has 1 atom stereocenters. The van der Waals surface area contributed by atoms with Gasteiger partial charge in [-0.25, -0.2) is 8.42 Å². The first kappa shape index (κ1) is 25.9. The number of benzene rings is 1. The topological polar surface area (TPSA) is 85.4 Å². The van der Waals surface area contributed by atoms with Crippen LogP contribution in [0, 0.1) is 0 Å². The zero-order chi connectivity index (χ0) is 25.2. The molecule has 0 bridgehead atoms. The number of nitrogens with one attached hydrogen (secondary N) is 1. The molecule has 35 heavy (non-hydrogen) atoms. The molecular formula is C24H36FN5O4S. The van der Waals surface area contributed by atoms with Crippen molar-refractivity contribution in [3.63, 3.8) is 0 Å². The van der Waals surface area contributed by atoms with E-state index in [9.17, 15) is 17.6 Å². The van der Waals surface area contributed by atoms with E-state index in [0.29, 0.717) is 76.0 Å². The Morgan fingerprint density at radius 2 is 1.89 bits per heavy atom. The van der Waals surface area contributed by atoms with E-state index in [0.717, 1.165) is 12.1 Å². The van der Waals surface area contributed by atoms with Gasteiger partial charge >= 0.3 is 0 Å². The number of alkyl halides is 1. The minimum Gasteiger partial charge on any atom is -0.494 e. The van der Waals surface area contributed by atoms with Crippen molar-refractivity contribution in [1.82, 2.24) is 24.3 Å². The van der Waals surface area contributed by atoms with Gasteiger partial charge in [-0.05, 0) is 43.7 Å². The molecule has 194 valence electrons. The van der Waals surface area contributed by atoms with Gasteiger partial charge in [0.05, 0.1) is 30.9 Å². The van der Waals surface area contributed by atoms with Gasteiger partial charge in [0.25, 0.3) is 5.91 Å². The summed E-state index contributed by atoms with van der Waals surface area (Å²) in [4.78, 5) is 19.3. The smallest absolute Gasteiger partial charge is 0.268 e. The fourth-order valence-electron chi connectivity index (χ4n) is 5.12. The number of hydrogen-bond acceptors (Lipinski definition) is 7. The lowest BCUT2D eigenvalue weighted by Crippen LogP contribution is -2.48. The standard InChI is InChI=1S/C24H36FN5O4S/c1-4-28-16-20-22(26-24(31)23(20)27(3)17-28)19-15-18(7-8-21(19)34-5-2)35(32,33)30-13-11-29(12-14-30)10-6-9-25/h7-8,15,22H,4-6,9-14,16-17H2,1-3H3,(H,26,31). The molecule has 1 N–H and O–H groups in total. The van der Waals surface area contributed by atoms with Crippen molar-refractivity contribution in [2.24, 2.45) is 0 Å². The fourth-order valence-corrected chi connectivity index (χ4v) is 6.58. The quantitative estimate of drug-likeness (QED) is 0.539. The summed E-state index contributed by atoms with van der Waals surface area (Å²) in [6, 6.07) is 4.47. The lowest BCUT2D eigenvalue weighted by atomic mass is 9.97. The minimum atomic E-state index is -3.73. The highest BCUT2D eigenvalue weighted by Crippen LogP contribution is 2.39. The first-order valence-electron chi connectivity index (χ1n) is 12.3. The summed E-state index contributed by atoms with van der Waals surface area (Å²) in [5.74, 6) is 0.418. The van der Waals surface area contributed by atoms with Crippen LogP contribution in [0.4, 0.5) is 4.39 Å². The lowest BCUT2D eigenvalue weighted by molar-refractivity contribution is -0.118. The van der Waals surface area contributed by atoms with Crippen LogP contribution in [0.15, 0.2) is 34.4 Å². The molecule has 0 spiro atoms. The molecule has 9 nitrogen and oxygen atoms in total. The second-order valence-corrected chi connectivity index (χ2v) is 11.1. The Labute approximate surface area is 207 Å². The minimum absolute atomic E-state index is 0.150. The second kappa shape index (κ2) is 10.8. The number of carbonyl (C=O) groups is 1. The molecule has 3 heterocycles. The molecule has 0 aliphatic carbocycles. The van der Waals surface area contributed by atoms with Crippen molar-refractivity contribution in [2.75, 3.05) is 72.8 Å². The number of hydrogen-bond donors (Lipinski definition) is 1. The first-order valence-corrected chi connectivity index (χ1v) is 13.8. The van der Waals surface area contributed by atoms with Crippen molar-refractivity contribution >= 4 is 15.9 Å². The van der Waals surface area contributed by atoms with Crippen LogP contribution in [0.3, 0.4) is 0 Å². The monoisotopic (exact) mass is 509 g/mol. The van der Waals surface area contributed by atoms with Crippen LogP contribution in [-0.4, -0.2) is 106 Å². The van der Waals surface area contributed by atoms with Gasteiger partial charge < -0.3 is 19.9 Å². The summed E-state index contributed by atoms with van der Waals surface area (Å²) in [5, 5.41) is 3.06. The third-order valence-corrected chi connectivity index (χ3v) is 8.84. The maximum Gasteiger partial charge on any atom is 0.268 e. The number of piperazine rings is 1. The van der Waals surface area contributed by atoms with E-state index in [1.165, 1.54) is 4.31 Å². The van der Waals surface area contributed by atoms with Gasteiger partial charge in [0.1, 0.15) is 11.4 Å². The van der Waals surface area contributed by atoms with Crippen molar-refractivity contribution in [2.45, 2.75) is 31.2 Å². The van der Waals surface area contributed by atoms with Gasteiger partial charge in [-0.2, -0.15) is 4.31 Å². The Kier molecular flexibility index (Phi) is 7.99. The van der Waals surface area contributed by atoms with Gasteiger partial charge in [-0.3, -0.25) is 14.1 Å². The highest BCUT2D eigenvalue weighted by atomic mass is 32.2. The Morgan fingerprint density at radius 1 is 1.14 bits per heavy atom. The molecular weight excluding hydrogens is 473 g/mol. The molecule has 1 amide bonds. The molecule has 0 aromatic heterocycles. The Bertz CT molecular complexity index is 1070. The van der Waals surface area contributed by atoms with Crippen LogP contribution in [0.5, 0.6) is 5.75 Å². The van der Waals surface area contributed by atoms with Gasteiger partial charge in [0.2, 0.25) is 10.0 Å². The SMILES string of the molecule is CCOc1ccc(S(=O)(=O)N2CCN(CCCF)CC2)cc1C1NC(=O)C2=C1CN(CC)CN2C. The fraction of sp³-hybridized carbons (Fsp3) is 0.625. The Balaban J connectivity index is 1.64. The van der Waals surface area contributed by atoms with E-state index in [-0.39, 0.29) is 17.5 Å². The molecule has 0 saturated carbocycles. The van der Waals surface area contributed by atoms with Gasteiger partial charge in [0, 0.05) is 51.9 Å². The molecule has 1 saturated heterocycles. The van der Waals surface area contributed by atoms with Crippen LogP contribution in [0.1, 0.15) is 31.9 Å². The third kappa shape index (κ3) is 5.18. The molecule has 1 aromatic carbocycles. The van der Waals surface area contributed by atoms with Gasteiger partial charge in [0.15, 0.2) is 0 Å². The Hall–Kier alpha value is -2.21. The summed E-state index contributed by atoms with van der Waals surface area (Å²) in [6.45, 7) is 8.67. The summed E-state index contributed by atoms with van der Waals surface area (Å²) >= 11 is 0. The number of carbonyl (C=O) groups excluding carboxylic acids is 1. The van der Waals surface area contributed by atoms with Crippen LogP contribution >= 0.6 is 0 Å². The number of ether oxygens (including phenoxy) is 1. The molecule has 11 heteroatoms. The second-order valence-electron chi connectivity index (χ2n) is 9.19. The molecule has 1 unspecified atom stereocenters. The lowest BCUT2D eigenvalue weighted by Gasteiger charge is -2.35. The maximum absolute atomic E-state index is 13.5. The van der Waals surface area contributed by atoms with Gasteiger partial charge in [-0.1, -0.05) is 6.92 Å². The molecule has 1 fully saturated rings. The number of nitrogens with zero attached hydrogens (tertiary/aromatic N) is 4. The van der Waals surface area contributed by atoms with Crippen molar-refractivity contribution in [1.29, 1.82) is 0 Å². The van der Waals surface area contributed by atoms with Gasteiger partial charge in [-0.15, -0.1) is 0 Å². The Morgan fingerprint density at radius 3 is 2.54 bits per heavy atom. The summed E-state index contributed by atoms with van der Waals surface area (Å²) in [6.07, 6.45) is 0.463. The van der Waals surface area contributed by atoms with Crippen molar-refractivity contribution in [3.05, 3.63) is 35.0 Å². The largest absolute Gasteiger partial charge is 0.494 e. The zero-order valence-corrected chi connectivity index (χ0v) is 21.6. The van der Waals surface area contributed by atoms with Crippen LogP contribution in [-0.2, 0) is 14.8 Å². The normalized spacial score (nSPS) is 22.5. The highest BCUT2D eigenvalue weighted by Gasteiger charge is 2.40.